The Kier molecular flexibility index (Phi) is 9.96. The average molecular weight is 655 g/mol. The van der Waals surface area contributed by atoms with Gasteiger partial charge in [-0.3, -0.25) is 14.3 Å². The second-order valence-electron chi connectivity index (χ2n) is 11.2. The van der Waals surface area contributed by atoms with Crippen LogP contribution in [-0.4, -0.2) is 59.4 Å². The molecule has 0 unspecified atom stereocenters. The largest absolute Gasteiger partial charge is 0.457 e. The van der Waals surface area contributed by atoms with Crippen LogP contribution in [0.3, 0.4) is 0 Å². The molecular weight excluding hydrogens is 619 g/mol. The van der Waals surface area contributed by atoms with Gasteiger partial charge in [0.25, 0.3) is 0 Å². The molecule has 13 heteroatoms. The molecule has 2 heterocycles. The van der Waals surface area contributed by atoms with Gasteiger partial charge in [-0.05, 0) is 86.0 Å². The number of anilines is 2. The van der Waals surface area contributed by atoms with Gasteiger partial charge in [-0.2, -0.15) is 5.10 Å². The van der Waals surface area contributed by atoms with Crippen LogP contribution >= 0.6 is 11.6 Å². The molecule has 1 aliphatic heterocycles. The third-order valence-corrected chi connectivity index (χ3v) is 8.75. The lowest BCUT2D eigenvalue weighted by molar-refractivity contribution is 0.119. The highest BCUT2D eigenvalue weighted by Gasteiger charge is 2.30. The highest BCUT2D eigenvalue weighted by atomic mass is 35.5. The van der Waals surface area contributed by atoms with E-state index in [-0.39, 0.29) is 17.9 Å². The average Bonchev–Trinajstić information content (AvgIpc) is 3.24. The minimum atomic E-state index is -3.34. The van der Waals surface area contributed by atoms with Gasteiger partial charge in [-0.25, -0.2) is 17.6 Å². The van der Waals surface area contributed by atoms with Crippen LogP contribution < -0.4 is 14.8 Å². The van der Waals surface area contributed by atoms with Crippen molar-refractivity contribution < 1.29 is 22.3 Å². The summed E-state index contributed by atoms with van der Waals surface area (Å²) in [4.78, 5) is 17.7. The number of aryl methyl sites for hydroxylation is 2. The molecule has 238 valence electrons. The first-order chi connectivity index (χ1) is 21.4. The van der Waals surface area contributed by atoms with Crippen molar-refractivity contribution in [2.24, 2.45) is 7.05 Å². The number of nitrogens with zero attached hydrogens (tertiary/aromatic N) is 4. The van der Waals surface area contributed by atoms with Crippen molar-refractivity contribution in [3.05, 3.63) is 101 Å². The molecule has 0 saturated carbocycles. The Bertz CT molecular complexity index is 1720. The van der Waals surface area contributed by atoms with Crippen LogP contribution in [0, 0.1) is 12.7 Å². The fourth-order valence-corrected chi connectivity index (χ4v) is 6.17. The van der Waals surface area contributed by atoms with Gasteiger partial charge < -0.3 is 15.0 Å². The highest BCUT2D eigenvalue weighted by molar-refractivity contribution is 7.92. The lowest BCUT2D eigenvalue weighted by Gasteiger charge is -2.38. The van der Waals surface area contributed by atoms with Crippen molar-refractivity contribution >= 4 is 39.0 Å². The summed E-state index contributed by atoms with van der Waals surface area (Å²) in [6, 6.07) is 20.0. The van der Waals surface area contributed by atoms with Gasteiger partial charge in [-0.1, -0.05) is 23.7 Å². The first-order valence-electron chi connectivity index (χ1n) is 14.5. The van der Waals surface area contributed by atoms with Crippen LogP contribution in [0.25, 0.3) is 0 Å². The number of halogens is 2. The van der Waals surface area contributed by atoms with Crippen molar-refractivity contribution in [3.63, 3.8) is 0 Å². The number of carbonyl (C=O) groups excluding carboxylic acids is 1. The number of sulfonamides is 1. The molecule has 2 N–H and O–H groups in total. The second kappa shape index (κ2) is 13.9. The second-order valence-corrected chi connectivity index (χ2v) is 13.3. The number of ether oxygens (including phenoxy) is 1. The maximum Gasteiger partial charge on any atom is 0.322 e. The molecule has 1 saturated heterocycles. The minimum absolute atomic E-state index is 0.0211. The predicted octanol–water partition coefficient (Wildman–Crippen LogP) is 6.38. The number of hydrogen-bond donors (Lipinski definition) is 2. The Labute approximate surface area is 267 Å². The lowest BCUT2D eigenvalue weighted by Crippen LogP contribution is -2.48. The SMILES string of the molecule is Cc1nn(C)c(Cl)c1CN(C(=O)Nc1ccc(F)cc1)C1CCN(Cc2ccc(Oc3ccc(NS(C)(=O)=O)cc3)cc2)CC1. The quantitative estimate of drug-likeness (QED) is 0.205. The van der Waals surface area contributed by atoms with Crippen LogP contribution in [-0.2, 0) is 30.2 Å². The van der Waals surface area contributed by atoms with Crippen molar-refractivity contribution in [2.45, 2.75) is 38.9 Å². The van der Waals surface area contributed by atoms with Crippen LogP contribution in [0.1, 0.15) is 29.7 Å². The molecule has 5 rings (SSSR count). The zero-order valence-corrected chi connectivity index (χ0v) is 26.9. The summed E-state index contributed by atoms with van der Waals surface area (Å²) in [5.41, 5.74) is 3.70. The molecule has 0 atom stereocenters. The molecule has 45 heavy (non-hydrogen) atoms. The van der Waals surface area contributed by atoms with E-state index in [0.717, 1.165) is 55.6 Å². The first kappa shape index (κ1) is 32.3. The van der Waals surface area contributed by atoms with Gasteiger partial charge in [-0.15, -0.1) is 0 Å². The van der Waals surface area contributed by atoms with Crippen LogP contribution in [0.15, 0.2) is 72.8 Å². The number of benzene rings is 3. The lowest BCUT2D eigenvalue weighted by atomic mass is 10.0. The normalized spacial score (nSPS) is 14.2. The Hall–Kier alpha value is -4.13. The van der Waals surface area contributed by atoms with Crippen molar-refractivity contribution in [2.75, 3.05) is 29.4 Å². The molecule has 0 aliphatic carbocycles. The number of aromatic nitrogens is 2. The molecule has 0 bridgehead atoms. The third-order valence-electron chi connectivity index (χ3n) is 7.68. The molecule has 1 aromatic heterocycles. The summed E-state index contributed by atoms with van der Waals surface area (Å²) in [7, 11) is -1.56. The van der Waals surface area contributed by atoms with E-state index in [1.807, 2.05) is 36.1 Å². The standard InChI is InChI=1S/C32H36ClFN6O4S/c1-22-30(31(33)38(2)36-22)21-40(32(41)35-25-8-6-24(34)7-9-25)27-16-18-39(19-17-27)20-23-4-12-28(13-5-23)44-29-14-10-26(11-15-29)37-45(3,42)43/h4-15,27,37H,16-21H2,1-3H3,(H,35,41). The number of urea groups is 1. The van der Waals surface area contributed by atoms with Gasteiger partial charge >= 0.3 is 6.03 Å². The van der Waals surface area contributed by atoms with E-state index in [9.17, 15) is 17.6 Å². The summed E-state index contributed by atoms with van der Waals surface area (Å²) < 4.78 is 46.2. The molecule has 1 aliphatic rings. The minimum Gasteiger partial charge on any atom is -0.457 e. The number of carbonyl (C=O) groups is 1. The Morgan fingerprint density at radius 1 is 1.00 bits per heavy atom. The number of amides is 2. The number of nitrogens with one attached hydrogen (secondary N) is 2. The zero-order valence-electron chi connectivity index (χ0n) is 25.3. The molecule has 3 aromatic carbocycles. The molecular formula is C32H36ClFN6O4S. The van der Waals surface area contributed by atoms with Crippen molar-refractivity contribution in [1.82, 2.24) is 19.6 Å². The van der Waals surface area contributed by atoms with E-state index < -0.39 is 10.0 Å². The van der Waals surface area contributed by atoms with E-state index in [1.165, 1.54) is 12.1 Å². The van der Waals surface area contributed by atoms with E-state index in [0.29, 0.717) is 34.6 Å². The molecule has 0 radical (unpaired) electrons. The Balaban J connectivity index is 1.19. The maximum atomic E-state index is 13.5. The van der Waals surface area contributed by atoms with Gasteiger partial charge in [0.15, 0.2) is 0 Å². The highest BCUT2D eigenvalue weighted by Crippen LogP contribution is 2.28. The van der Waals surface area contributed by atoms with Crippen LogP contribution in [0.5, 0.6) is 11.5 Å². The maximum absolute atomic E-state index is 13.5. The third kappa shape index (κ3) is 8.74. The molecule has 1 fully saturated rings. The van der Waals surface area contributed by atoms with E-state index in [4.69, 9.17) is 16.3 Å². The van der Waals surface area contributed by atoms with Gasteiger partial charge in [0.05, 0.1) is 18.5 Å². The smallest absolute Gasteiger partial charge is 0.322 e. The summed E-state index contributed by atoms with van der Waals surface area (Å²) in [5.74, 6) is 0.904. The summed E-state index contributed by atoms with van der Waals surface area (Å²) in [6.07, 6.45) is 2.66. The number of likely N-dealkylation sites (tertiary alicyclic amines) is 1. The fraction of sp³-hybridized carbons (Fsp3) is 0.312. The monoisotopic (exact) mass is 654 g/mol. The van der Waals surface area contributed by atoms with Crippen LogP contribution in [0.4, 0.5) is 20.6 Å². The predicted molar refractivity (Wildman–Crippen MR) is 174 cm³/mol. The number of rotatable bonds is 10. The summed E-state index contributed by atoms with van der Waals surface area (Å²) in [5, 5.41) is 7.82. The fourth-order valence-electron chi connectivity index (χ4n) is 5.37. The van der Waals surface area contributed by atoms with E-state index >= 15 is 0 Å². The van der Waals surface area contributed by atoms with Gasteiger partial charge in [0.2, 0.25) is 10.0 Å². The van der Waals surface area contributed by atoms with Gasteiger partial charge in [0.1, 0.15) is 22.5 Å². The Morgan fingerprint density at radius 3 is 2.13 bits per heavy atom. The van der Waals surface area contributed by atoms with Crippen molar-refractivity contribution in [3.8, 4) is 11.5 Å². The molecule has 2 amide bonds. The van der Waals surface area contributed by atoms with Crippen molar-refractivity contribution in [1.29, 1.82) is 0 Å². The summed E-state index contributed by atoms with van der Waals surface area (Å²) >= 11 is 6.54. The molecule has 4 aromatic rings. The Morgan fingerprint density at radius 2 is 1.58 bits per heavy atom. The number of piperidine rings is 1. The molecule has 10 nitrogen and oxygen atoms in total. The van der Waals surface area contributed by atoms with Gasteiger partial charge in [0, 0.05) is 49.7 Å². The van der Waals surface area contributed by atoms with E-state index in [1.54, 1.807) is 48.1 Å². The zero-order chi connectivity index (χ0) is 32.1. The summed E-state index contributed by atoms with van der Waals surface area (Å²) in [6.45, 7) is 4.56. The molecule has 0 spiro atoms. The topological polar surface area (TPSA) is 109 Å². The van der Waals surface area contributed by atoms with Crippen LogP contribution in [0.2, 0.25) is 5.15 Å². The van der Waals surface area contributed by atoms with E-state index in [2.05, 4.69) is 20.0 Å². The number of hydrogen-bond acceptors (Lipinski definition) is 6. The first-order valence-corrected chi connectivity index (χ1v) is 16.8.